The maximum Gasteiger partial charge on any atom is 0.225 e. The van der Waals surface area contributed by atoms with Crippen LogP contribution in [-0.2, 0) is 4.79 Å². The highest BCUT2D eigenvalue weighted by Crippen LogP contribution is 2.44. The summed E-state index contributed by atoms with van der Waals surface area (Å²) < 4.78 is 0. The number of nitrogens with two attached hydrogens (primary N) is 1. The van der Waals surface area contributed by atoms with Crippen LogP contribution in [-0.4, -0.2) is 29.9 Å². The molecule has 1 saturated heterocycles. The van der Waals surface area contributed by atoms with Crippen molar-refractivity contribution in [3.63, 3.8) is 0 Å². The molecule has 4 unspecified atom stereocenters. The lowest BCUT2D eigenvalue weighted by atomic mass is 9.65. The van der Waals surface area contributed by atoms with Crippen LogP contribution >= 0.6 is 12.4 Å². The number of carbonyl (C=O) groups is 1. The summed E-state index contributed by atoms with van der Waals surface area (Å²) in [7, 11) is 0. The Labute approximate surface area is 134 Å². The largest absolute Gasteiger partial charge is 0.342 e. The van der Waals surface area contributed by atoms with Gasteiger partial charge in [-0.15, -0.1) is 12.4 Å². The van der Waals surface area contributed by atoms with Crippen LogP contribution in [0.4, 0.5) is 0 Å². The standard InChI is InChI=1S/C17H28N2O.ClH/c18-16-11-3-1-4-12(16)8-15(7-11)17(20)19-9-13-5-2-6-14(13)10-19;/h11-16H,1-10,18H2;1H. The third kappa shape index (κ3) is 2.72. The molecule has 4 fully saturated rings. The highest BCUT2D eigenvalue weighted by molar-refractivity contribution is 5.85. The van der Waals surface area contributed by atoms with Crippen molar-refractivity contribution in [2.75, 3.05) is 13.1 Å². The van der Waals surface area contributed by atoms with E-state index in [1.165, 1.54) is 38.5 Å². The highest BCUT2D eigenvalue weighted by Gasteiger charge is 2.44. The summed E-state index contributed by atoms with van der Waals surface area (Å²) in [5.41, 5.74) is 6.35. The van der Waals surface area contributed by atoms with Gasteiger partial charge < -0.3 is 10.6 Å². The van der Waals surface area contributed by atoms with Gasteiger partial charge in [0.25, 0.3) is 0 Å². The van der Waals surface area contributed by atoms with Crippen LogP contribution in [0.5, 0.6) is 0 Å². The van der Waals surface area contributed by atoms with Gasteiger partial charge in [-0.3, -0.25) is 4.79 Å². The van der Waals surface area contributed by atoms with Gasteiger partial charge in [0.1, 0.15) is 0 Å². The molecule has 2 bridgehead atoms. The zero-order valence-corrected chi connectivity index (χ0v) is 13.7. The molecule has 4 heteroatoms. The van der Waals surface area contributed by atoms with E-state index in [-0.39, 0.29) is 12.4 Å². The van der Waals surface area contributed by atoms with E-state index in [9.17, 15) is 4.79 Å². The first kappa shape index (κ1) is 15.6. The van der Waals surface area contributed by atoms with Crippen LogP contribution in [0.3, 0.4) is 0 Å². The number of rotatable bonds is 1. The Morgan fingerprint density at radius 2 is 1.33 bits per heavy atom. The molecule has 3 nitrogen and oxygen atoms in total. The van der Waals surface area contributed by atoms with Gasteiger partial charge in [-0.25, -0.2) is 0 Å². The van der Waals surface area contributed by atoms with E-state index in [2.05, 4.69) is 4.90 Å². The highest BCUT2D eigenvalue weighted by atomic mass is 35.5. The van der Waals surface area contributed by atoms with Gasteiger partial charge in [-0.05, 0) is 62.2 Å². The lowest BCUT2D eigenvalue weighted by Crippen LogP contribution is -2.49. The van der Waals surface area contributed by atoms with Crippen LogP contribution in [0.25, 0.3) is 0 Å². The Morgan fingerprint density at radius 1 is 0.857 bits per heavy atom. The number of halogens is 1. The maximum absolute atomic E-state index is 12.9. The SMILES string of the molecule is Cl.NC1C2CCCC1CC(C(=O)N1CC3CCCC3C1)C2. The van der Waals surface area contributed by atoms with Crippen LogP contribution in [0.2, 0.25) is 0 Å². The first-order valence-electron chi connectivity index (χ1n) is 8.76. The third-order valence-electron chi connectivity index (χ3n) is 6.80. The number of hydrogen-bond acceptors (Lipinski definition) is 2. The fourth-order valence-corrected chi connectivity index (χ4v) is 5.66. The predicted molar refractivity (Wildman–Crippen MR) is 86.2 cm³/mol. The van der Waals surface area contributed by atoms with Crippen molar-refractivity contribution in [2.24, 2.45) is 35.3 Å². The van der Waals surface area contributed by atoms with E-state index in [1.54, 1.807) is 0 Å². The molecule has 3 saturated carbocycles. The lowest BCUT2D eigenvalue weighted by molar-refractivity contribution is -0.137. The van der Waals surface area contributed by atoms with E-state index < -0.39 is 0 Å². The first-order valence-corrected chi connectivity index (χ1v) is 8.76. The second-order valence-electron chi connectivity index (χ2n) is 7.89. The molecule has 0 radical (unpaired) electrons. The first-order chi connectivity index (χ1) is 9.72. The van der Waals surface area contributed by atoms with Crippen LogP contribution in [0, 0.1) is 29.6 Å². The Balaban J connectivity index is 0.00000132. The van der Waals surface area contributed by atoms with Crippen molar-refractivity contribution in [3.8, 4) is 0 Å². The van der Waals surface area contributed by atoms with Crippen LogP contribution in [0.1, 0.15) is 51.4 Å². The Bertz CT molecular complexity index is 376. The van der Waals surface area contributed by atoms with Gasteiger partial charge in [0.2, 0.25) is 5.91 Å². The van der Waals surface area contributed by atoms with Crippen molar-refractivity contribution in [2.45, 2.75) is 57.4 Å². The molecular formula is C17H29ClN2O. The smallest absolute Gasteiger partial charge is 0.225 e. The molecule has 3 aliphatic carbocycles. The lowest BCUT2D eigenvalue weighted by Gasteiger charge is -2.44. The summed E-state index contributed by atoms with van der Waals surface area (Å²) in [6.45, 7) is 2.11. The summed E-state index contributed by atoms with van der Waals surface area (Å²) in [5.74, 6) is 3.66. The third-order valence-corrected chi connectivity index (χ3v) is 6.80. The molecule has 21 heavy (non-hydrogen) atoms. The Kier molecular flexibility index (Phi) is 4.52. The van der Waals surface area contributed by atoms with Gasteiger partial charge in [0.15, 0.2) is 0 Å². The van der Waals surface area contributed by atoms with Gasteiger partial charge in [-0.1, -0.05) is 12.8 Å². The molecule has 4 aliphatic rings. The molecule has 4 rings (SSSR count). The van der Waals surface area contributed by atoms with Crippen molar-refractivity contribution >= 4 is 18.3 Å². The molecule has 1 aliphatic heterocycles. The van der Waals surface area contributed by atoms with Gasteiger partial charge >= 0.3 is 0 Å². The minimum absolute atomic E-state index is 0. The van der Waals surface area contributed by atoms with Gasteiger partial charge in [0, 0.05) is 25.0 Å². The normalized spacial score (nSPS) is 45.1. The second kappa shape index (κ2) is 6.08. The predicted octanol–water partition coefficient (Wildman–Crippen LogP) is 2.82. The van der Waals surface area contributed by atoms with Gasteiger partial charge in [-0.2, -0.15) is 0 Å². The van der Waals surface area contributed by atoms with Crippen molar-refractivity contribution in [1.82, 2.24) is 4.90 Å². The summed E-state index contributed by atoms with van der Waals surface area (Å²) >= 11 is 0. The molecule has 2 N–H and O–H groups in total. The van der Waals surface area contributed by atoms with Gasteiger partial charge in [0.05, 0.1) is 0 Å². The molecule has 0 spiro atoms. The number of likely N-dealkylation sites (tertiary alicyclic amines) is 1. The Hall–Kier alpha value is -0.280. The molecule has 0 aromatic heterocycles. The summed E-state index contributed by atoms with van der Waals surface area (Å²) in [4.78, 5) is 15.1. The monoisotopic (exact) mass is 312 g/mol. The van der Waals surface area contributed by atoms with E-state index in [4.69, 9.17) is 5.73 Å². The quantitative estimate of drug-likeness (QED) is 0.809. The average molecular weight is 313 g/mol. The number of nitrogens with zero attached hydrogens (tertiary/aromatic N) is 1. The summed E-state index contributed by atoms with van der Waals surface area (Å²) in [6.07, 6.45) is 10.1. The zero-order valence-electron chi connectivity index (χ0n) is 12.9. The molecular weight excluding hydrogens is 284 g/mol. The minimum Gasteiger partial charge on any atom is -0.342 e. The van der Waals surface area contributed by atoms with Crippen LogP contribution < -0.4 is 5.73 Å². The number of carbonyl (C=O) groups excluding carboxylic acids is 1. The molecule has 1 amide bonds. The Morgan fingerprint density at radius 3 is 1.86 bits per heavy atom. The molecule has 0 aromatic rings. The minimum atomic E-state index is 0. The van der Waals surface area contributed by atoms with Crippen molar-refractivity contribution in [1.29, 1.82) is 0 Å². The van der Waals surface area contributed by atoms with E-state index in [0.29, 0.717) is 29.7 Å². The van der Waals surface area contributed by atoms with E-state index in [1.807, 2.05) is 0 Å². The second-order valence-corrected chi connectivity index (χ2v) is 7.89. The van der Waals surface area contributed by atoms with E-state index in [0.717, 1.165) is 37.8 Å². The summed E-state index contributed by atoms with van der Waals surface area (Å²) in [5, 5.41) is 0. The molecule has 4 atom stereocenters. The average Bonchev–Trinajstić information content (AvgIpc) is 2.98. The van der Waals surface area contributed by atoms with Crippen molar-refractivity contribution < 1.29 is 4.79 Å². The van der Waals surface area contributed by atoms with Crippen molar-refractivity contribution in [3.05, 3.63) is 0 Å². The molecule has 1 heterocycles. The number of amides is 1. The number of hydrogen-bond donors (Lipinski definition) is 1. The van der Waals surface area contributed by atoms with E-state index >= 15 is 0 Å². The summed E-state index contributed by atoms with van der Waals surface area (Å²) in [6, 6.07) is 0.380. The molecule has 0 aromatic carbocycles. The molecule has 120 valence electrons. The number of fused-ring (bicyclic) bond motifs is 3. The van der Waals surface area contributed by atoms with Crippen LogP contribution in [0.15, 0.2) is 0 Å². The topological polar surface area (TPSA) is 46.3 Å². The maximum atomic E-state index is 12.9. The fraction of sp³-hybridized carbons (Fsp3) is 0.941. The fourth-order valence-electron chi connectivity index (χ4n) is 5.66. The zero-order chi connectivity index (χ0) is 13.7.